The van der Waals surface area contributed by atoms with Crippen LogP contribution in [0, 0.1) is 5.92 Å². The van der Waals surface area contributed by atoms with E-state index >= 15 is 0 Å². The molecule has 2 rings (SSSR count). The quantitative estimate of drug-likeness (QED) is 0.868. The Morgan fingerprint density at radius 2 is 1.65 bits per heavy atom. The molecule has 1 atom stereocenters. The molecule has 0 saturated carbocycles. The first-order valence-corrected chi connectivity index (χ1v) is 9.55. The van der Waals surface area contributed by atoms with Crippen LogP contribution in [-0.2, 0) is 10.2 Å². The molecule has 0 aromatic heterocycles. The minimum absolute atomic E-state index is 0.00781. The lowest BCUT2D eigenvalue weighted by Gasteiger charge is -2.34. The molecule has 0 bridgehead atoms. The number of piperidine rings is 1. The number of nitrogens with zero attached hydrogens (tertiary/aromatic N) is 1. The Morgan fingerprint density at radius 3 is 2.12 bits per heavy atom. The highest BCUT2D eigenvalue weighted by Crippen LogP contribution is 2.22. The van der Waals surface area contributed by atoms with Crippen LogP contribution < -0.4 is 11.1 Å². The van der Waals surface area contributed by atoms with Crippen molar-refractivity contribution in [1.29, 1.82) is 0 Å². The molecule has 1 unspecified atom stereocenters. The zero-order valence-corrected chi connectivity index (χ0v) is 16.7. The minimum atomic E-state index is -0.515. The van der Waals surface area contributed by atoms with Crippen LogP contribution >= 0.6 is 0 Å². The van der Waals surface area contributed by atoms with Crippen molar-refractivity contribution >= 4 is 11.8 Å². The summed E-state index contributed by atoms with van der Waals surface area (Å²) in [6.45, 7) is 11.7. The van der Waals surface area contributed by atoms with Crippen LogP contribution in [0.2, 0.25) is 0 Å². The largest absolute Gasteiger partial charge is 0.341 e. The summed E-state index contributed by atoms with van der Waals surface area (Å²) in [6, 6.07) is 7.28. The second kappa shape index (κ2) is 8.21. The maximum atomic E-state index is 12.9. The van der Waals surface area contributed by atoms with E-state index in [-0.39, 0.29) is 29.2 Å². The summed E-state index contributed by atoms with van der Waals surface area (Å²) in [4.78, 5) is 27.4. The third kappa shape index (κ3) is 5.07. The van der Waals surface area contributed by atoms with Crippen LogP contribution in [0.1, 0.15) is 63.4 Å². The van der Waals surface area contributed by atoms with Crippen molar-refractivity contribution in [1.82, 2.24) is 10.2 Å². The lowest BCUT2D eigenvalue weighted by atomic mass is 9.86. The van der Waals surface area contributed by atoms with Crippen LogP contribution in [0.15, 0.2) is 24.3 Å². The van der Waals surface area contributed by atoms with Crippen LogP contribution in [-0.4, -0.2) is 41.9 Å². The Kier molecular flexibility index (Phi) is 6.45. The summed E-state index contributed by atoms with van der Waals surface area (Å²) in [5.41, 5.74) is 7.72. The Hall–Kier alpha value is -1.88. The van der Waals surface area contributed by atoms with E-state index in [4.69, 9.17) is 5.73 Å². The van der Waals surface area contributed by atoms with Gasteiger partial charge in [0.05, 0.1) is 0 Å². The fourth-order valence-electron chi connectivity index (χ4n) is 3.18. The van der Waals surface area contributed by atoms with Gasteiger partial charge in [-0.3, -0.25) is 9.59 Å². The maximum absolute atomic E-state index is 12.9. The fourth-order valence-corrected chi connectivity index (χ4v) is 3.18. The van der Waals surface area contributed by atoms with E-state index in [2.05, 4.69) is 26.1 Å². The molecule has 5 heteroatoms. The van der Waals surface area contributed by atoms with Gasteiger partial charge in [0.2, 0.25) is 5.91 Å². The van der Waals surface area contributed by atoms with Crippen LogP contribution in [0.3, 0.4) is 0 Å². The normalized spacial score (nSPS) is 17.3. The molecule has 0 spiro atoms. The summed E-state index contributed by atoms with van der Waals surface area (Å²) in [6.07, 6.45) is 1.64. The van der Waals surface area contributed by atoms with E-state index in [1.807, 2.05) is 43.0 Å². The van der Waals surface area contributed by atoms with Crippen molar-refractivity contribution in [3.63, 3.8) is 0 Å². The van der Waals surface area contributed by atoms with Gasteiger partial charge in [-0.25, -0.2) is 0 Å². The Morgan fingerprint density at radius 1 is 1.12 bits per heavy atom. The smallest absolute Gasteiger partial charge is 0.251 e. The van der Waals surface area contributed by atoms with Gasteiger partial charge >= 0.3 is 0 Å². The second-order valence-electron chi connectivity index (χ2n) is 8.69. The molecule has 26 heavy (non-hydrogen) atoms. The van der Waals surface area contributed by atoms with Crippen LogP contribution in [0.4, 0.5) is 0 Å². The minimum Gasteiger partial charge on any atom is -0.341 e. The van der Waals surface area contributed by atoms with E-state index in [1.54, 1.807) is 0 Å². The molecule has 1 fully saturated rings. The monoisotopic (exact) mass is 359 g/mol. The van der Waals surface area contributed by atoms with Gasteiger partial charge in [0.1, 0.15) is 6.04 Å². The Balaban J connectivity index is 2.07. The third-order valence-corrected chi connectivity index (χ3v) is 5.08. The van der Waals surface area contributed by atoms with E-state index in [0.29, 0.717) is 18.7 Å². The standard InChI is InChI=1S/C21H33N3O2/c1-14(2)18(20(26)24-12-10-17(22)11-13-24)23-19(25)15-6-8-16(9-7-15)21(3,4)5/h6-9,14,17-18H,10-13,22H2,1-5H3,(H,23,25). The number of amides is 2. The van der Waals surface area contributed by atoms with E-state index in [1.165, 1.54) is 5.56 Å². The number of hydrogen-bond donors (Lipinski definition) is 2. The van der Waals surface area contributed by atoms with Crippen molar-refractivity contribution < 1.29 is 9.59 Å². The molecule has 0 radical (unpaired) electrons. The third-order valence-electron chi connectivity index (χ3n) is 5.08. The first-order chi connectivity index (χ1) is 12.1. The summed E-state index contributed by atoms with van der Waals surface area (Å²) >= 11 is 0. The summed E-state index contributed by atoms with van der Waals surface area (Å²) in [5.74, 6) is -0.186. The van der Waals surface area contributed by atoms with Gasteiger partial charge in [-0.15, -0.1) is 0 Å². The SMILES string of the molecule is CC(C)C(NC(=O)c1ccc(C(C)(C)C)cc1)C(=O)N1CCC(N)CC1. The molecule has 144 valence electrons. The van der Waals surface area contributed by atoms with Gasteiger partial charge in [-0.1, -0.05) is 46.8 Å². The van der Waals surface area contributed by atoms with Crippen molar-refractivity contribution in [2.45, 2.75) is 65.0 Å². The first kappa shape index (κ1) is 20.4. The second-order valence-corrected chi connectivity index (χ2v) is 8.69. The number of carbonyl (C=O) groups is 2. The maximum Gasteiger partial charge on any atom is 0.251 e. The lowest BCUT2D eigenvalue weighted by Crippen LogP contribution is -2.54. The average molecular weight is 360 g/mol. The summed E-state index contributed by atoms with van der Waals surface area (Å²) in [5, 5.41) is 2.94. The van der Waals surface area contributed by atoms with E-state index in [0.717, 1.165) is 12.8 Å². The topological polar surface area (TPSA) is 75.4 Å². The van der Waals surface area contributed by atoms with Crippen molar-refractivity contribution in [3.05, 3.63) is 35.4 Å². The molecule has 1 aromatic rings. The Bertz CT molecular complexity index is 624. The molecule has 0 aliphatic carbocycles. The van der Waals surface area contributed by atoms with Crippen LogP contribution in [0.5, 0.6) is 0 Å². The molecule has 5 nitrogen and oxygen atoms in total. The van der Waals surface area contributed by atoms with E-state index < -0.39 is 6.04 Å². The molecular weight excluding hydrogens is 326 g/mol. The highest BCUT2D eigenvalue weighted by Gasteiger charge is 2.30. The van der Waals surface area contributed by atoms with Gasteiger partial charge in [-0.05, 0) is 41.9 Å². The fraction of sp³-hybridized carbons (Fsp3) is 0.619. The molecule has 1 heterocycles. The summed E-state index contributed by atoms with van der Waals surface area (Å²) < 4.78 is 0. The molecule has 1 saturated heterocycles. The predicted octanol–water partition coefficient (Wildman–Crippen LogP) is 2.69. The highest BCUT2D eigenvalue weighted by molar-refractivity contribution is 5.97. The zero-order chi connectivity index (χ0) is 19.5. The van der Waals surface area contributed by atoms with Gasteiger partial charge in [-0.2, -0.15) is 0 Å². The number of nitrogens with two attached hydrogens (primary N) is 1. The number of hydrogen-bond acceptors (Lipinski definition) is 3. The van der Waals surface area contributed by atoms with E-state index in [9.17, 15) is 9.59 Å². The Labute approximate surface area is 157 Å². The van der Waals surface area contributed by atoms with Crippen LogP contribution in [0.25, 0.3) is 0 Å². The molecule has 1 aromatic carbocycles. The van der Waals surface area contributed by atoms with Crippen molar-refractivity contribution in [2.24, 2.45) is 11.7 Å². The number of benzene rings is 1. The molecule has 3 N–H and O–H groups in total. The highest BCUT2D eigenvalue weighted by atomic mass is 16.2. The van der Waals surface area contributed by atoms with Gasteiger partial charge < -0.3 is 16.0 Å². The number of carbonyl (C=O) groups excluding carboxylic acids is 2. The molecule has 1 aliphatic heterocycles. The molecular formula is C21H33N3O2. The number of rotatable bonds is 4. The average Bonchev–Trinajstić information content (AvgIpc) is 2.58. The van der Waals surface area contributed by atoms with Gasteiger partial charge in [0.15, 0.2) is 0 Å². The molecule has 2 amide bonds. The van der Waals surface area contributed by atoms with Crippen molar-refractivity contribution in [3.8, 4) is 0 Å². The lowest BCUT2D eigenvalue weighted by molar-refractivity contribution is -0.135. The van der Waals surface area contributed by atoms with Crippen molar-refractivity contribution in [2.75, 3.05) is 13.1 Å². The number of likely N-dealkylation sites (tertiary alicyclic amines) is 1. The predicted molar refractivity (Wildman–Crippen MR) is 105 cm³/mol. The summed E-state index contributed by atoms with van der Waals surface area (Å²) in [7, 11) is 0. The molecule has 1 aliphatic rings. The van der Waals surface area contributed by atoms with Gasteiger partial charge in [0.25, 0.3) is 5.91 Å². The first-order valence-electron chi connectivity index (χ1n) is 9.55. The number of nitrogens with one attached hydrogen (secondary N) is 1. The van der Waals surface area contributed by atoms with Gasteiger partial charge in [0, 0.05) is 24.7 Å². The zero-order valence-electron chi connectivity index (χ0n) is 16.7.